The second-order valence-electron chi connectivity index (χ2n) is 5.89. The summed E-state index contributed by atoms with van der Waals surface area (Å²) in [5, 5.41) is 8.90. The van der Waals surface area contributed by atoms with Gasteiger partial charge in [-0.1, -0.05) is 6.92 Å². The van der Waals surface area contributed by atoms with Crippen LogP contribution in [-0.4, -0.2) is 17.6 Å². The number of benzene rings is 1. The first-order valence-electron chi connectivity index (χ1n) is 7.32. The molecule has 154 valence electrons. The molecule has 0 aromatic heterocycles. The van der Waals surface area contributed by atoms with Crippen molar-refractivity contribution in [2.75, 3.05) is 6.54 Å². The van der Waals surface area contributed by atoms with Crippen LogP contribution >= 0.6 is 0 Å². The standard InChI is InChI=1S/C15H14F9NO2/c1-6(2-7(5-25)12(26)27)11-9(14(19,20)21)3-8(13(16,17)18)4-10(11)15(22,23)24/h3-4,6-7H,2,5,25H2,1H3,(H,26,27). The summed E-state index contributed by atoms with van der Waals surface area (Å²) in [5.41, 5.74) is -2.62. The number of carbonyl (C=O) groups is 1. The molecule has 0 bridgehead atoms. The van der Waals surface area contributed by atoms with Crippen LogP contribution in [-0.2, 0) is 23.3 Å². The van der Waals surface area contributed by atoms with Crippen molar-refractivity contribution in [2.24, 2.45) is 11.7 Å². The molecule has 2 unspecified atom stereocenters. The molecule has 27 heavy (non-hydrogen) atoms. The van der Waals surface area contributed by atoms with E-state index in [1.54, 1.807) is 0 Å². The van der Waals surface area contributed by atoms with E-state index in [0.29, 0.717) is 0 Å². The lowest BCUT2D eigenvalue weighted by Crippen LogP contribution is -2.27. The van der Waals surface area contributed by atoms with Crippen molar-refractivity contribution < 1.29 is 49.4 Å². The van der Waals surface area contributed by atoms with E-state index in [9.17, 15) is 44.3 Å². The maximum Gasteiger partial charge on any atom is 0.416 e. The monoisotopic (exact) mass is 411 g/mol. The van der Waals surface area contributed by atoms with Gasteiger partial charge in [-0.15, -0.1) is 0 Å². The van der Waals surface area contributed by atoms with Crippen molar-refractivity contribution in [1.82, 2.24) is 0 Å². The molecule has 0 spiro atoms. The molecule has 2 atom stereocenters. The van der Waals surface area contributed by atoms with Crippen LogP contribution in [0.5, 0.6) is 0 Å². The van der Waals surface area contributed by atoms with Crippen molar-refractivity contribution in [3.8, 4) is 0 Å². The van der Waals surface area contributed by atoms with Gasteiger partial charge in [-0.3, -0.25) is 4.79 Å². The minimum absolute atomic E-state index is 0.403. The van der Waals surface area contributed by atoms with Gasteiger partial charge in [-0.2, -0.15) is 39.5 Å². The van der Waals surface area contributed by atoms with Gasteiger partial charge in [0.2, 0.25) is 0 Å². The summed E-state index contributed by atoms with van der Waals surface area (Å²) in [6.07, 6.45) is -17.2. The van der Waals surface area contributed by atoms with Crippen molar-refractivity contribution in [3.63, 3.8) is 0 Å². The van der Waals surface area contributed by atoms with E-state index in [2.05, 4.69) is 0 Å². The van der Waals surface area contributed by atoms with Crippen molar-refractivity contribution in [3.05, 3.63) is 34.4 Å². The molecule has 0 saturated heterocycles. The van der Waals surface area contributed by atoms with Crippen molar-refractivity contribution >= 4 is 5.97 Å². The number of hydrogen-bond acceptors (Lipinski definition) is 2. The van der Waals surface area contributed by atoms with Gasteiger partial charge in [0.25, 0.3) is 0 Å². The van der Waals surface area contributed by atoms with Crippen LogP contribution in [0.2, 0.25) is 0 Å². The van der Waals surface area contributed by atoms with E-state index in [1.165, 1.54) is 0 Å². The number of rotatable bonds is 5. The minimum atomic E-state index is -5.52. The summed E-state index contributed by atoms with van der Waals surface area (Å²) < 4.78 is 118. The highest BCUT2D eigenvalue weighted by molar-refractivity contribution is 5.70. The molecule has 1 aromatic carbocycles. The largest absolute Gasteiger partial charge is 0.481 e. The molecule has 0 aliphatic rings. The molecule has 3 nitrogen and oxygen atoms in total. The smallest absolute Gasteiger partial charge is 0.416 e. The molecular formula is C15H14F9NO2. The Morgan fingerprint density at radius 2 is 1.37 bits per heavy atom. The van der Waals surface area contributed by atoms with E-state index in [4.69, 9.17) is 10.8 Å². The highest BCUT2D eigenvalue weighted by atomic mass is 19.4. The Hall–Kier alpha value is -1.98. The van der Waals surface area contributed by atoms with Crippen LogP contribution in [0.3, 0.4) is 0 Å². The highest BCUT2D eigenvalue weighted by Gasteiger charge is 2.45. The molecule has 0 heterocycles. The quantitative estimate of drug-likeness (QED) is 0.678. The Balaban J connectivity index is 3.76. The maximum atomic E-state index is 13.2. The molecule has 1 rings (SSSR count). The highest BCUT2D eigenvalue weighted by Crippen LogP contribution is 2.46. The first-order chi connectivity index (χ1) is 12.0. The first-order valence-corrected chi connectivity index (χ1v) is 7.32. The third-order valence-electron chi connectivity index (χ3n) is 3.88. The van der Waals surface area contributed by atoms with E-state index in [-0.39, 0.29) is 0 Å². The summed E-state index contributed by atoms with van der Waals surface area (Å²) in [6.45, 7) is 0.307. The molecule has 0 saturated carbocycles. The van der Waals surface area contributed by atoms with Gasteiger partial charge in [0.05, 0.1) is 22.6 Å². The first kappa shape index (κ1) is 23.1. The number of carboxylic acid groups (broad SMARTS) is 1. The summed E-state index contributed by atoms with van der Waals surface area (Å²) in [7, 11) is 0. The predicted molar refractivity (Wildman–Crippen MR) is 74.7 cm³/mol. The van der Waals surface area contributed by atoms with Gasteiger partial charge in [-0.25, -0.2) is 0 Å². The zero-order chi connectivity index (χ0) is 21.4. The lowest BCUT2D eigenvalue weighted by atomic mass is 9.83. The molecular weight excluding hydrogens is 397 g/mol. The molecule has 3 N–H and O–H groups in total. The van der Waals surface area contributed by atoms with Crippen LogP contribution in [0.1, 0.15) is 41.5 Å². The van der Waals surface area contributed by atoms with E-state index in [0.717, 1.165) is 6.92 Å². The summed E-state index contributed by atoms with van der Waals surface area (Å²) >= 11 is 0. The minimum Gasteiger partial charge on any atom is -0.481 e. The fourth-order valence-electron chi connectivity index (χ4n) is 2.66. The maximum absolute atomic E-state index is 13.2. The van der Waals surface area contributed by atoms with Gasteiger partial charge in [0.1, 0.15) is 0 Å². The molecule has 1 aromatic rings. The molecule has 12 heteroatoms. The number of hydrogen-bond donors (Lipinski definition) is 2. The Morgan fingerprint density at radius 1 is 0.963 bits per heavy atom. The molecule has 0 amide bonds. The number of aliphatic carboxylic acids is 1. The fourth-order valence-corrected chi connectivity index (χ4v) is 2.66. The van der Waals surface area contributed by atoms with Crippen LogP contribution in [0.15, 0.2) is 12.1 Å². The zero-order valence-corrected chi connectivity index (χ0v) is 13.6. The van der Waals surface area contributed by atoms with Crippen molar-refractivity contribution in [2.45, 2.75) is 37.8 Å². The third-order valence-corrected chi connectivity index (χ3v) is 3.88. The number of carboxylic acids is 1. The second-order valence-corrected chi connectivity index (χ2v) is 5.89. The normalized spacial score (nSPS) is 15.5. The Bertz CT molecular complexity index is 657. The molecule has 0 radical (unpaired) electrons. The SMILES string of the molecule is CC(CC(CN)C(=O)O)c1c(C(F)(F)F)cc(C(F)(F)F)cc1C(F)(F)F. The third kappa shape index (κ3) is 5.50. The summed E-state index contributed by atoms with van der Waals surface area (Å²) in [4.78, 5) is 11.0. The lowest BCUT2D eigenvalue weighted by Gasteiger charge is -2.26. The average molecular weight is 411 g/mol. The number of alkyl halides is 9. The summed E-state index contributed by atoms with van der Waals surface area (Å²) in [6, 6.07) is -0.807. The van der Waals surface area contributed by atoms with E-state index in [1.807, 2.05) is 0 Å². The van der Waals surface area contributed by atoms with Crippen LogP contribution in [0.4, 0.5) is 39.5 Å². The van der Waals surface area contributed by atoms with Gasteiger partial charge < -0.3 is 10.8 Å². The predicted octanol–water partition coefficient (Wildman–Crippen LogP) is 4.90. The Kier molecular flexibility index (Phi) is 6.46. The molecule has 0 aliphatic heterocycles. The van der Waals surface area contributed by atoms with Crippen LogP contribution in [0, 0.1) is 5.92 Å². The average Bonchev–Trinajstić information content (AvgIpc) is 2.47. The Labute approximate surface area is 147 Å². The zero-order valence-electron chi connectivity index (χ0n) is 13.6. The van der Waals surface area contributed by atoms with Gasteiger partial charge >= 0.3 is 24.5 Å². The van der Waals surface area contributed by atoms with E-state index >= 15 is 0 Å². The topological polar surface area (TPSA) is 63.3 Å². The summed E-state index contributed by atoms with van der Waals surface area (Å²) in [5.74, 6) is -4.69. The van der Waals surface area contributed by atoms with E-state index < -0.39 is 83.7 Å². The number of nitrogens with two attached hydrogens (primary N) is 1. The van der Waals surface area contributed by atoms with Gasteiger partial charge in [0, 0.05) is 6.54 Å². The fraction of sp³-hybridized carbons (Fsp3) is 0.533. The van der Waals surface area contributed by atoms with Gasteiger partial charge in [0.15, 0.2) is 0 Å². The van der Waals surface area contributed by atoms with Crippen LogP contribution in [0.25, 0.3) is 0 Å². The second kappa shape index (κ2) is 7.56. The lowest BCUT2D eigenvalue weighted by molar-refractivity contribution is -0.149. The van der Waals surface area contributed by atoms with Crippen molar-refractivity contribution in [1.29, 1.82) is 0 Å². The number of halogens is 9. The Morgan fingerprint density at radius 3 is 1.63 bits per heavy atom. The van der Waals surface area contributed by atoms with Gasteiger partial charge in [-0.05, 0) is 30.0 Å². The molecule has 0 aliphatic carbocycles. The van der Waals surface area contributed by atoms with Crippen LogP contribution < -0.4 is 5.73 Å². The molecule has 0 fully saturated rings.